The van der Waals surface area contributed by atoms with Gasteiger partial charge in [-0.3, -0.25) is 14.3 Å². The number of hydrogen-bond acceptors (Lipinski definition) is 5. The standard InChI is InChI=1S/C28H29N5OS/c34-26(32-16-13-23(14-17-32)18-22-8-3-1-4-9-22)21-35-28-31-30-27(25-12-7-15-29-19-25)33(28)20-24-10-5-2-6-11-24/h1-12,15,19,23H,13-14,16-18,20-21H2. The molecule has 0 N–H and O–H groups in total. The summed E-state index contributed by atoms with van der Waals surface area (Å²) in [4.78, 5) is 19.3. The molecule has 1 saturated heterocycles. The van der Waals surface area contributed by atoms with Crippen LogP contribution in [0.4, 0.5) is 0 Å². The van der Waals surface area contributed by atoms with Crippen LogP contribution in [-0.4, -0.2) is 49.4 Å². The van der Waals surface area contributed by atoms with E-state index in [1.54, 1.807) is 12.4 Å². The lowest BCUT2D eigenvalue weighted by atomic mass is 9.90. The van der Waals surface area contributed by atoms with E-state index in [1.807, 2.05) is 35.2 Å². The number of thioether (sulfide) groups is 1. The number of aromatic nitrogens is 4. The molecule has 1 aliphatic rings. The van der Waals surface area contributed by atoms with E-state index >= 15 is 0 Å². The predicted octanol–water partition coefficient (Wildman–Crippen LogP) is 4.96. The highest BCUT2D eigenvalue weighted by Gasteiger charge is 2.24. The minimum Gasteiger partial charge on any atom is -0.342 e. The number of piperidine rings is 1. The van der Waals surface area contributed by atoms with E-state index in [0.29, 0.717) is 18.2 Å². The molecule has 0 aliphatic carbocycles. The van der Waals surface area contributed by atoms with Crippen molar-refractivity contribution in [3.05, 3.63) is 96.3 Å². The summed E-state index contributed by atoms with van der Waals surface area (Å²) < 4.78 is 2.08. The first-order chi connectivity index (χ1) is 17.3. The molecule has 5 rings (SSSR count). The second kappa shape index (κ2) is 11.3. The second-order valence-electron chi connectivity index (χ2n) is 8.92. The summed E-state index contributed by atoms with van der Waals surface area (Å²) in [5.74, 6) is 1.94. The van der Waals surface area contributed by atoms with Gasteiger partial charge in [0.25, 0.3) is 0 Å². The Morgan fingerprint density at radius 1 is 0.886 bits per heavy atom. The lowest BCUT2D eigenvalue weighted by Gasteiger charge is -2.32. The number of nitrogens with zero attached hydrogens (tertiary/aromatic N) is 5. The molecule has 4 aromatic rings. The summed E-state index contributed by atoms with van der Waals surface area (Å²) in [6.07, 6.45) is 6.75. The number of benzene rings is 2. The molecule has 178 valence electrons. The molecule has 0 saturated carbocycles. The van der Waals surface area contributed by atoms with E-state index in [1.165, 1.54) is 17.3 Å². The molecular formula is C28H29N5OS. The molecule has 2 aromatic carbocycles. The van der Waals surface area contributed by atoms with Gasteiger partial charge in [0.05, 0.1) is 12.3 Å². The van der Waals surface area contributed by atoms with Crippen LogP contribution in [-0.2, 0) is 17.8 Å². The van der Waals surface area contributed by atoms with Crippen molar-refractivity contribution in [1.29, 1.82) is 0 Å². The number of pyridine rings is 1. The van der Waals surface area contributed by atoms with Gasteiger partial charge >= 0.3 is 0 Å². The fourth-order valence-electron chi connectivity index (χ4n) is 4.56. The molecule has 6 nitrogen and oxygen atoms in total. The largest absolute Gasteiger partial charge is 0.342 e. The van der Waals surface area contributed by atoms with Crippen LogP contribution in [0.3, 0.4) is 0 Å². The van der Waals surface area contributed by atoms with Crippen LogP contribution in [0.1, 0.15) is 24.0 Å². The summed E-state index contributed by atoms with van der Waals surface area (Å²) in [6, 6.07) is 24.8. The predicted molar refractivity (Wildman–Crippen MR) is 139 cm³/mol. The zero-order valence-electron chi connectivity index (χ0n) is 19.7. The Hall–Kier alpha value is -3.45. The van der Waals surface area contributed by atoms with Gasteiger partial charge in [-0.2, -0.15) is 0 Å². The fraction of sp³-hybridized carbons (Fsp3) is 0.286. The minimum absolute atomic E-state index is 0.172. The number of rotatable bonds is 8. The lowest BCUT2D eigenvalue weighted by Crippen LogP contribution is -2.39. The van der Waals surface area contributed by atoms with Crippen molar-refractivity contribution in [2.75, 3.05) is 18.8 Å². The number of hydrogen-bond donors (Lipinski definition) is 0. The Balaban J connectivity index is 1.22. The van der Waals surface area contributed by atoms with Gasteiger partial charge in [0.1, 0.15) is 0 Å². The molecule has 1 fully saturated rings. The Morgan fingerprint density at radius 3 is 2.29 bits per heavy atom. The van der Waals surface area contributed by atoms with Crippen LogP contribution < -0.4 is 0 Å². The van der Waals surface area contributed by atoms with Crippen LogP contribution in [0.25, 0.3) is 11.4 Å². The molecule has 3 heterocycles. The fourth-order valence-corrected chi connectivity index (χ4v) is 5.40. The third-order valence-electron chi connectivity index (χ3n) is 6.48. The van der Waals surface area contributed by atoms with Gasteiger partial charge in [0, 0.05) is 31.0 Å². The molecule has 0 atom stereocenters. The Labute approximate surface area is 210 Å². The van der Waals surface area contributed by atoms with Crippen molar-refractivity contribution in [2.24, 2.45) is 5.92 Å². The zero-order valence-corrected chi connectivity index (χ0v) is 20.5. The maximum atomic E-state index is 13.0. The van der Waals surface area contributed by atoms with E-state index in [4.69, 9.17) is 0 Å². The molecule has 7 heteroatoms. The normalized spacial score (nSPS) is 14.2. The molecule has 0 bridgehead atoms. The Kier molecular flexibility index (Phi) is 7.53. The quantitative estimate of drug-likeness (QED) is 0.332. The first kappa shape index (κ1) is 23.3. The highest BCUT2D eigenvalue weighted by molar-refractivity contribution is 7.99. The highest BCUT2D eigenvalue weighted by atomic mass is 32.2. The molecule has 0 unspecified atom stereocenters. The maximum absolute atomic E-state index is 13.0. The summed E-state index contributed by atoms with van der Waals surface area (Å²) in [6.45, 7) is 2.29. The number of amides is 1. The second-order valence-corrected chi connectivity index (χ2v) is 9.86. The minimum atomic E-state index is 0.172. The molecule has 1 aliphatic heterocycles. The summed E-state index contributed by atoms with van der Waals surface area (Å²) in [5.41, 5.74) is 3.45. The van der Waals surface area contributed by atoms with Crippen molar-refractivity contribution < 1.29 is 4.79 Å². The molecule has 1 amide bonds. The Morgan fingerprint density at radius 2 is 1.60 bits per heavy atom. The van der Waals surface area contributed by atoms with Gasteiger partial charge in [-0.25, -0.2) is 0 Å². The van der Waals surface area contributed by atoms with Gasteiger partial charge in [-0.15, -0.1) is 10.2 Å². The first-order valence-electron chi connectivity index (χ1n) is 12.1. The zero-order chi connectivity index (χ0) is 23.9. The van der Waals surface area contributed by atoms with E-state index in [9.17, 15) is 4.79 Å². The molecule has 35 heavy (non-hydrogen) atoms. The van der Waals surface area contributed by atoms with Crippen LogP contribution in [0.2, 0.25) is 0 Å². The molecule has 0 radical (unpaired) electrons. The lowest BCUT2D eigenvalue weighted by molar-refractivity contribution is -0.129. The summed E-state index contributed by atoms with van der Waals surface area (Å²) >= 11 is 1.46. The summed E-state index contributed by atoms with van der Waals surface area (Å²) in [5, 5.41) is 9.64. The first-order valence-corrected chi connectivity index (χ1v) is 13.1. The van der Waals surface area contributed by atoms with Crippen LogP contribution in [0.5, 0.6) is 0 Å². The van der Waals surface area contributed by atoms with Crippen molar-refractivity contribution in [2.45, 2.75) is 31.0 Å². The number of likely N-dealkylation sites (tertiary alicyclic amines) is 1. The van der Waals surface area contributed by atoms with Gasteiger partial charge in [-0.1, -0.05) is 72.4 Å². The van der Waals surface area contributed by atoms with Crippen molar-refractivity contribution >= 4 is 17.7 Å². The van der Waals surface area contributed by atoms with E-state index in [2.05, 4.69) is 62.2 Å². The van der Waals surface area contributed by atoms with Gasteiger partial charge in [0.15, 0.2) is 11.0 Å². The highest BCUT2D eigenvalue weighted by Crippen LogP contribution is 2.26. The van der Waals surface area contributed by atoms with Crippen LogP contribution in [0, 0.1) is 5.92 Å². The van der Waals surface area contributed by atoms with E-state index in [0.717, 1.165) is 54.5 Å². The van der Waals surface area contributed by atoms with Gasteiger partial charge in [-0.05, 0) is 48.4 Å². The number of carbonyl (C=O) groups excluding carboxylic acids is 1. The summed E-state index contributed by atoms with van der Waals surface area (Å²) in [7, 11) is 0. The molecular weight excluding hydrogens is 454 g/mol. The van der Waals surface area contributed by atoms with E-state index < -0.39 is 0 Å². The third kappa shape index (κ3) is 5.98. The van der Waals surface area contributed by atoms with Crippen LogP contribution in [0.15, 0.2) is 90.3 Å². The van der Waals surface area contributed by atoms with Crippen LogP contribution >= 0.6 is 11.8 Å². The van der Waals surface area contributed by atoms with E-state index in [-0.39, 0.29) is 5.91 Å². The smallest absolute Gasteiger partial charge is 0.233 e. The van der Waals surface area contributed by atoms with Gasteiger partial charge < -0.3 is 4.90 Å². The average molecular weight is 484 g/mol. The topological polar surface area (TPSA) is 63.9 Å². The Bertz CT molecular complexity index is 1220. The molecule has 0 spiro atoms. The van der Waals surface area contributed by atoms with Crippen molar-refractivity contribution in [3.8, 4) is 11.4 Å². The average Bonchev–Trinajstić information content (AvgIpc) is 3.31. The third-order valence-corrected chi connectivity index (χ3v) is 7.43. The maximum Gasteiger partial charge on any atom is 0.233 e. The number of carbonyl (C=O) groups is 1. The monoisotopic (exact) mass is 483 g/mol. The molecule has 2 aromatic heterocycles. The van der Waals surface area contributed by atoms with Crippen molar-refractivity contribution in [3.63, 3.8) is 0 Å². The SMILES string of the molecule is O=C(CSc1nnc(-c2cccnc2)n1Cc1ccccc1)N1CCC(Cc2ccccc2)CC1. The van der Waals surface area contributed by atoms with Crippen molar-refractivity contribution in [1.82, 2.24) is 24.6 Å². The van der Waals surface area contributed by atoms with Gasteiger partial charge in [0.2, 0.25) is 5.91 Å².